The summed E-state index contributed by atoms with van der Waals surface area (Å²) in [5.74, 6) is -0.827. The first-order chi connectivity index (χ1) is 8.02. The molecule has 4 atom stereocenters. The van der Waals surface area contributed by atoms with Gasteiger partial charge in [0.15, 0.2) is 0 Å². The zero-order valence-corrected chi connectivity index (χ0v) is 10.3. The highest BCUT2D eigenvalue weighted by atomic mass is 16.5. The Hall–Kier alpha value is -0.940. The molecular weight excluding hydrogens is 222 g/mol. The lowest BCUT2D eigenvalue weighted by Crippen LogP contribution is -2.40. The van der Waals surface area contributed by atoms with Crippen LogP contribution in [0.1, 0.15) is 20.3 Å². The molecule has 2 fully saturated rings. The summed E-state index contributed by atoms with van der Waals surface area (Å²) < 4.78 is 5.19. The average molecular weight is 241 g/mol. The fourth-order valence-corrected chi connectivity index (χ4v) is 2.40. The number of ether oxygens (including phenoxy) is 1. The van der Waals surface area contributed by atoms with Gasteiger partial charge in [0.05, 0.1) is 19.3 Å². The molecule has 2 amide bonds. The minimum atomic E-state index is -0.664. The molecule has 0 aromatic heterocycles. The molecule has 0 radical (unpaired) electrons. The Balaban J connectivity index is 1.98. The van der Waals surface area contributed by atoms with Gasteiger partial charge in [-0.25, -0.2) is 0 Å². The number of hydrogen-bond donors (Lipinski definition) is 1. The third-order valence-corrected chi connectivity index (χ3v) is 3.94. The van der Waals surface area contributed by atoms with Gasteiger partial charge < -0.3 is 9.84 Å². The first-order valence-electron chi connectivity index (χ1n) is 6.13. The van der Waals surface area contributed by atoms with Crippen molar-refractivity contribution in [2.24, 2.45) is 17.8 Å². The molecule has 17 heavy (non-hydrogen) atoms. The predicted molar refractivity (Wildman–Crippen MR) is 60.0 cm³/mol. The molecule has 0 aromatic carbocycles. The second kappa shape index (κ2) is 4.74. The van der Waals surface area contributed by atoms with E-state index < -0.39 is 6.10 Å². The molecule has 5 nitrogen and oxygen atoms in total. The molecule has 4 unspecified atom stereocenters. The number of aliphatic hydroxyl groups excluding tert-OH is 1. The molecule has 2 saturated heterocycles. The van der Waals surface area contributed by atoms with Crippen LogP contribution in [0.15, 0.2) is 0 Å². The second-order valence-electron chi connectivity index (χ2n) is 5.06. The summed E-state index contributed by atoms with van der Waals surface area (Å²) in [6.45, 7) is 4.80. The minimum absolute atomic E-state index is 0.0433. The molecule has 5 heteroatoms. The van der Waals surface area contributed by atoms with Gasteiger partial charge in [0.1, 0.15) is 0 Å². The predicted octanol–water partition coefficient (Wildman–Crippen LogP) is 0.0248. The molecule has 0 spiro atoms. The van der Waals surface area contributed by atoms with Gasteiger partial charge in [0.25, 0.3) is 0 Å². The second-order valence-corrected chi connectivity index (χ2v) is 5.06. The van der Waals surface area contributed by atoms with E-state index in [4.69, 9.17) is 4.74 Å². The van der Waals surface area contributed by atoms with Crippen molar-refractivity contribution in [2.75, 3.05) is 19.8 Å². The zero-order valence-electron chi connectivity index (χ0n) is 10.3. The number of amides is 2. The van der Waals surface area contributed by atoms with Gasteiger partial charge in [0.2, 0.25) is 11.8 Å². The van der Waals surface area contributed by atoms with Crippen LogP contribution < -0.4 is 0 Å². The molecule has 2 aliphatic rings. The van der Waals surface area contributed by atoms with Crippen LogP contribution in [-0.4, -0.2) is 47.7 Å². The van der Waals surface area contributed by atoms with E-state index in [2.05, 4.69) is 0 Å². The van der Waals surface area contributed by atoms with Crippen LogP contribution in [0.2, 0.25) is 0 Å². The third kappa shape index (κ3) is 2.21. The van der Waals surface area contributed by atoms with Crippen molar-refractivity contribution >= 4 is 11.8 Å². The molecule has 0 aliphatic carbocycles. The Morgan fingerprint density at radius 1 is 1.35 bits per heavy atom. The largest absolute Gasteiger partial charge is 0.391 e. The van der Waals surface area contributed by atoms with Crippen molar-refractivity contribution in [3.63, 3.8) is 0 Å². The Morgan fingerprint density at radius 3 is 2.41 bits per heavy atom. The van der Waals surface area contributed by atoms with Crippen molar-refractivity contribution < 1.29 is 19.4 Å². The van der Waals surface area contributed by atoms with E-state index in [0.717, 1.165) is 6.42 Å². The summed E-state index contributed by atoms with van der Waals surface area (Å²) in [7, 11) is 0. The van der Waals surface area contributed by atoms with Crippen molar-refractivity contribution in [3.05, 3.63) is 0 Å². The Morgan fingerprint density at radius 2 is 1.94 bits per heavy atom. The summed E-state index contributed by atoms with van der Waals surface area (Å²) >= 11 is 0. The van der Waals surface area contributed by atoms with E-state index in [-0.39, 0.29) is 36.1 Å². The number of carbonyl (C=O) groups is 2. The van der Waals surface area contributed by atoms with E-state index in [0.29, 0.717) is 13.2 Å². The highest BCUT2D eigenvalue weighted by Gasteiger charge is 2.43. The number of nitrogens with zero attached hydrogens (tertiary/aromatic N) is 1. The van der Waals surface area contributed by atoms with Crippen LogP contribution in [0.4, 0.5) is 0 Å². The number of carbonyl (C=O) groups excluding carboxylic acids is 2. The van der Waals surface area contributed by atoms with Gasteiger partial charge in [0, 0.05) is 24.4 Å². The fourth-order valence-electron chi connectivity index (χ4n) is 2.40. The molecule has 0 bridgehead atoms. The van der Waals surface area contributed by atoms with Crippen molar-refractivity contribution in [3.8, 4) is 0 Å². The van der Waals surface area contributed by atoms with Crippen LogP contribution in [0.5, 0.6) is 0 Å². The molecule has 2 aliphatic heterocycles. The topological polar surface area (TPSA) is 66.8 Å². The van der Waals surface area contributed by atoms with Crippen LogP contribution in [0.3, 0.4) is 0 Å². The maximum atomic E-state index is 11.8. The van der Waals surface area contributed by atoms with Gasteiger partial charge in [-0.1, -0.05) is 13.8 Å². The summed E-state index contributed by atoms with van der Waals surface area (Å²) in [5, 5.41) is 9.99. The number of rotatable bonds is 3. The molecule has 2 rings (SSSR count). The standard InChI is InChI=1S/C12H19NO4/c1-7-8(2)12(16)13(11(7)15)5-10(14)9-3-4-17-6-9/h7-10,14H,3-6H2,1-2H3. The molecule has 96 valence electrons. The third-order valence-electron chi connectivity index (χ3n) is 3.94. The van der Waals surface area contributed by atoms with Gasteiger partial charge in [-0.15, -0.1) is 0 Å². The van der Waals surface area contributed by atoms with E-state index in [9.17, 15) is 14.7 Å². The van der Waals surface area contributed by atoms with Crippen LogP contribution in [-0.2, 0) is 14.3 Å². The summed E-state index contributed by atoms with van der Waals surface area (Å²) in [5.41, 5.74) is 0. The highest BCUT2D eigenvalue weighted by molar-refractivity contribution is 6.04. The summed E-state index contributed by atoms with van der Waals surface area (Å²) in [6.07, 6.45) is 0.130. The summed E-state index contributed by atoms with van der Waals surface area (Å²) in [6, 6.07) is 0. The maximum Gasteiger partial charge on any atom is 0.232 e. The van der Waals surface area contributed by atoms with Crippen LogP contribution in [0.25, 0.3) is 0 Å². The highest BCUT2D eigenvalue weighted by Crippen LogP contribution is 2.27. The molecule has 2 heterocycles. The quantitative estimate of drug-likeness (QED) is 0.708. The van der Waals surface area contributed by atoms with Crippen molar-refractivity contribution in [1.29, 1.82) is 0 Å². The maximum absolute atomic E-state index is 11.8. The lowest BCUT2D eigenvalue weighted by atomic mass is 10.00. The first kappa shape index (κ1) is 12.5. The smallest absolute Gasteiger partial charge is 0.232 e. The van der Waals surface area contributed by atoms with Crippen molar-refractivity contribution in [2.45, 2.75) is 26.4 Å². The van der Waals surface area contributed by atoms with Gasteiger partial charge in [-0.2, -0.15) is 0 Å². The number of likely N-dealkylation sites (tertiary alicyclic amines) is 1. The van der Waals surface area contributed by atoms with E-state index in [1.165, 1.54) is 4.90 Å². The normalized spacial score (nSPS) is 35.7. The fraction of sp³-hybridized carbons (Fsp3) is 0.833. The van der Waals surface area contributed by atoms with Gasteiger partial charge in [-0.05, 0) is 6.42 Å². The lowest BCUT2D eigenvalue weighted by Gasteiger charge is -2.22. The van der Waals surface area contributed by atoms with Crippen LogP contribution >= 0.6 is 0 Å². The first-order valence-corrected chi connectivity index (χ1v) is 6.13. The minimum Gasteiger partial charge on any atom is -0.391 e. The monoisotopic (exact) mass is 241 g/mol. The molecule has 1 N–H and O–H groups in total. The van der Waals surface area contributed by atoms with E-state index in [1.54, 1.807) is 13.8 Å². The SMILES string of the molecule is CC1C(=O)N(CC(O)C2CCOC2)C(=O)C1C. The average Bonchev–Trinajstić information content (AvgIpc) is 2.90. The zero-order chi connectivity index (χ0) is 12.6. The summed E-state index contributed by atoms with van der Waals surface area (Å²) in [4.78, 5) is 24.9. The van der Waals surface area contributed by atoms with Gasteiger partial charge in [-0.3, -0.25) is 14.5 Å². The molecule has 0 aromatic rings. The number of aliphatic hydroxyl groups is 1. The Kier molecular flexibility index (Phi) is 3.49. The van der Waals surface area contributed by atoms with Gasteiger partial charge >= 0.3 is 0 Å². The van der Waals surface area contributed by atoms with E-state index >= 15 is 0 Å². The molecular formula is C12H19NO4. The number of β-amino-alcohol motifs (C(OH)–C–C–N with tert-alkyl or cyclic N) is 1. The van der Waals surface area contributed by atoms with Crippen molar-refractivity contribution in [1.82, 2.24) is 4.90 Å². The Bertz CT molecular complexity index is 304. The Labute approximate surface area is 101 Å². The number of imide groups is 1. The number of hydrogen-bond acceptors (Lipinski definition) is 4. The van der Waals surface area contributed by atoms with E-state index in [1.807, 2.05) is 0 Å². The molecule has 0 saturated carbocycles. The van der Waals surface area contributed by atoms with Crippen LogP contribution in [0, 0.1) is 17.8 Å². The lowest BCUT2D eigenvalue weighted by molar-refractivity contribution is -0.142.